The van der Waals surface area contributed by atoms with Gasteiger partial charge in [-0.15, -0.1) is 0 Å². The SMILES string of the molecule is CC1=CC(=O)CC=CC(O)=C1C#N. The largest absolute Gasteiger partial charge is 0.507 e. The summed E-state index contributed by atoms with van der Waals surface area (Å²) in [4.78, 5) is 11.1. The number of hydrogen-bond acceptors (Lipinski definition) is 3. The summed E-state index contributed by atoms with van der Waals surface area (Å²) in [5.41, 5.74) is 0.665. The number of aliphatic hydroxyl groups excluding tert-OH is 1. The van der Waals surface area contributed by atoms with Gasteiger partial charge in [0.1, 0.15) is 11.8 Å². The molecule has 0 saturated heterocycles. The summed E-state index contributed by atoms with van der Waals surface area (Å²) in [5.74, 6) is -0.141. The molecule has 0 spiro atoms. The normalized spacial score (nSPS) is 17.5. The van der Waals surface area contributed by atoms with E-state index in [1.54, 1.807) is 6.92 Å². The smallest absolute Gasteiger partial charge is 0.159 e. The molecule has 0 aromatic carbocycles. The van der Waals surface area contributed by atoms with Crippen molar-refractivity contribution in [3.05, 3.63) is 35.1 Å². The summed E-state index contributed by atoms with van der Waals surface area (Å²) in [6, 6.07) is 1.85. The van der Waals surface area contributed by atoms with Crippen molar-refractivity contribution in [2.24, 2.45) is 0 Å². The van der Waals surface area contributed by atoms with Gasteiger partial charge in [0.2, 0.25) is 0 Å². The summed E-state index contributed by atoms with van der Waals surface area (Å²) < 4.78 is 0. The molecule has 0 aromatic heterocycles. The van der Waals surface area contributed by atoms with E-state index >= 15 is 0 Å². The van der Waals surface area contributed by atoms with Crippen LogP contribution in [0.4, 0.5) is 0 Å². The summed E-state index contributed by atoms with van der Waals surface area (Å²) in [5, 5.41) is 18.0. The molecule has 66 valence electrons. The van der Waals surface area contributed by atoms with Crippen molar-refractivity contribution in [3.8, 4) is 6.07 Å². The first kappa shape index (κ1) is 9.27. The van der Waals surface area contributed by atoms with Crippen LogP contribution in [0.3, 0.4) is 0 Å². The maximum Gasteiger partial charge on any atom is 0.159 e. The van der Waals surface area contributed by atoms with E-state index < -0.39 is 0 Å². The third kappa shape index (κ3) is 2.06. The third-order valence-electron chi connectivity index (χ3n) is 1.73. The Bertz CT molecular complexity index is 367. The van der Waals surface area contributed by atoms with Gasteiger partial charge >= 0.3 is 0 Å². The lowest BCUT2D eigenvalue weighted by molar-refractivity contribution is -0.113. The minimum atomic E-state index is -0.0799. The van der Waals surface area contributed by atoms with Crippen LogP contribution in [0.25, 0.3) is 0 Å². The molecule has 0 aromatic rings. The molecule has 1 aliphatic carbocycles. The first-order valence-electron chi connectivity index (χ1n) is 3.86. The van der Waals surface area contributed by atoms with Gasteiger partial charge in [0.25, 0.3) is 0 Å². The molecule has 0 fully saturated rings. The Morgan fingerprint density at radius 1 is 1.62 bits per heavy atom. The van der Waals surface area contributed by atoms with E-state index in [-0.39, 0.29) is 23.5 Å². The molecule has 1 rings (SSSR count). The van der Waals surface area contributed by atoms with E-state index in [0.29, 0.717) is 5.57 Å². The average Bonchev–Trinajstić information content (AvgIpc) is 2.03. The zero-order chi connectivity index (χ0) is 9.84. The van der Waals surface area contributed by atoms with Crippen molar-refractivity contribution in [1.82, 2.24) is 0 Å². The van der Waals surface area contributed by atoms with Gasteiger partial charge in [-0.1, -0.05) is 6.08 Å². The van der Waals surface area contributed by atoms with Gasteiger partial charge in [0.05, 0.1) is 5.57 Å². The molecule has 0 atom stereocenters. The number of rotatable bonds is 0. The summed E-state index contributed by atoms with van der Waals surface area (Å²) in [6.07, 6.45) is 4.56. The van der Waals surface area contributed by atoms with Crippen LogP contribution >= 0.6 is 0 Å². The van der Waals surface area contributed by atoms with Crippen LogP contribution in [-0.2, 0) is 4.79 Å². The second kappa shape index (κ2) is 3.72. The highest BCUT2D eigenvalue weighted by atomic mass is 16.3. The van der Waals surface area contributed by atoms with Crippen molar-refractivity contribution < 1.29 is 9.90 Å². The van der Waals surface area contributed by atoms with Crippen molar-refractivity contribution >= 4 is 5.78 Å². The molecule has 0 amide bonds. The van der Waals surface area contributed by atoms with Crippen LogP contribution in [0.5, 0.6) is 0 Å². The van der Waals surface area contributed by atoms with Gasteiger partial charge in [-0.05, 0) is 24.6 Å². The Labute approximate surface area is 76.3 Å². The van der Waals surface area contributed by atoms with Crippen molar-refractivity contribution in [3.63, 3.8) is 0 Å². The van der Waals surface area contributed by atoms with Crippen LogP contribution < -0.4 is 0 Å². The van der Waals surface area contributed by atoms with Crippen LogP contribution in [0.2, 0.25) is 0 Å². The fraction of sp³-hybridized carbons (Fsp3) is 0.200. The molecule has 1 N–H and O–H groups in total. The number of hydrogen-bond donors (Lipinski definition) is 1. The molecule has 0 unspecified atom stereocenters. The lowest BCUT2D eigenvalue weighted by Crippen LogP contribution is -1.98. The van der Waals surface area contributed by atoms with Crippen LogP contribution in [0.15, 0.2) is 35.1 Å². The van der Waals surface area contributed by atoms with Gasteiger partial charge in [0, 0.05) is 6.42 Å². The Hall–Kier alpha value is -1.82. The molecule has 0 bridgehead atoms. The number of aliphatic hydroxyl groups is 1. The fourth-order valence-corrected chi connectivity index (χ4v) is 1.09. The summed E-state index contributed by atoms with van der Waals surface area (Å²) in [7, 11) is 0. The second-order valence-electron chi connectivity index (χ2n) is 2.77. The number of allylic oxidation sites excluding steroid dienone is 5. The monoisotopic (exact) mass is 175 g/mol. The number of nitriles is 1. The van der Waals surface area contributed by atoms with Gasteiger partial charge in [0.15, 0.2) is 5.78 Å². The van der Waals surface area contributed by atoms with Gasteiger partial charge in [-0.3, -0.25) is 4.79 Å². The fourth-order valence-electron chi connectivity index (χ4n) is 1.09. The maximum atomic E-state index is 11.1. The molecular formula is C10H9NO2. The van der Waals surface area contributed by atoms with E-state index in [0.717, 1.165) is 0 Å². The topological polar surface area (TPSA) is 61.1 Å². The highest BCUT2D eigenvalue weighted by molar-refractivity contribution is 5.92. The van der Waals surface area contributed by atoms with Crippen LogP contribution in [-0.4, -0.2) is 10.9 Å². The lowest BCUT2D eigenvalue weighted by atomic mass is 10.0. The molecular weight excluding hydrogens is 166 g/mol. The van der Waals surface area contributed by atoms with E-state index in [1.807, 2.05) is 6.07 Å². The van der Waals surface area contributed by atoms with E-state index in [9.17, 15) is 9.90 Å². The van der Waals surface area contributed by atoms with Crippen LogP contribution in [0.1, 0.15) is 13.3 Å². The Morgan fingerprint density at radius 2 is 2.31 bits per heavy atom. The number of nitrogens with zero attached hydrogens (tertiary/aromatic N) is 1. The molecule has 13 heavy (non-hydrogen) atoms. The highest BCUT2D eigenvalue weighted by Crippen LogP contribution is 2.15. The maximum absolute atomic E-state index is 11.1. The Morgan fingerprint density at radius 3 is 2.92 bits per heavy atom. The minimum Gasteiger partial charge on any atom is -0.507 e. The quantitative estimate of drug-likeness (QED) is 0.610. The number of ketones is 1. The molecule has 0 radical (unpaired) electrons. The Kier molecular flexibility index (Phi) is 2.65. The van der Waals surface area contributed by atoms with E-state index in [1.165, 1.54) is 18.2 Å². The average molecular weight is 175 g/mol. The predicted octanol–water partition coefficient (Wildman–Crippen LogP) is 1.80. The van der Waals surface area contributed by atoms with Crippen molar-refractivity contribution in [2.45, 2.75) is 13.3 Å². The van der Waals surface area contributed by atoms with Gasteiger partial charge in [-0.2, -0.15) is 5.26 Å². The zero-order valence-corrected chi connectivity index (χ0v) is 7.24. The second-order valence-corrected chi connectivity index (χ2v) is 2.77. The van der Waals surface area contributed by atoms with Crippen molar-refractivity contribution in [2.75, 3.05) is 0 Å². The van der Waals surface area contributed by atoms with Gasteiger partial charge in [-0.25, -0.2) is 0 Å². The lowest BCUT2D eigenvalue weighted by Gasteiger charge is -2.03. The molecule has 0 aliphatic heterocycles. The number of carbonyl (C=O) groups is 1. The zero-order valence-electron chi connectivity index (χ0n) is 7.24. The molecule has 0 saturated carbocycles. The van der Waals surface area contributed by atoms with E-state index in [2.05, 4.69) is 0 Å². The number of carbonyl (C=O) groups excluding carboxylic acids is 1. The molecule has 1 aliphatic rings. The Balaban J connectivity index is 3.24. The third-order valence-corrected chi connectivity index (χ3v) is 1.73. The standard InChI is InChI=1S/C10H9NO2/c1-7-5-8(12)3-2-4-10(13)9(7)6-11/h2,4-5,13H,3H2,1H3. The molecule has 3 nitrogen and oxygen atoms in total. The molecule has 3 heteroatoms. The molecule has 0 heterocycles. The highest BCUT2D eigenvalue weighted by Gasteiger charge is 2.09. The summed E-state index contributed by atoms with van der Waals surface area (Å²) in [6.45, 7) is 1.63. The summed E-state index contributed by atoms with van der Waals surface area (Å²) >= 11 is 0. The van der Waals surface area contributed by atoms with E-state index in [4.69, 9.17) is 5.26 Å². The minimum absolute atomic E-state index is 0.0611. The first-order valence-corrected chi connectivity index (χ1v) is 3.86. The van der Waals surface area contributed by atoms with Crippen LogP contribution in [0, 0.1) is 11.3 Å². The first-order chi connectivity index (χ1) is 6.15. The van der Waals surface area contributed by atoms with Gasteiger partial charge < -0.3 is 5.11 Å². The van der Waals surface area contributed by atoms with Crippen molar-refractivity contribution in [1.29, 1.82) is 5.26 Å². The predicted molar refractivity (Wildman–Crippen MR) is 47.8 cm³/mol.